The average Bonchev–Trinajstić information content (AvgIpc) is 3.10. The number of carbonyl (C=O) groups excluding carboxylic acids is 1. The molecule has 1 aromatic carbocycles. The molecule has 0 atom stereocenters. The molecule has 116 valence electrons. The molecule has 5 heteroatoms. The Hall–Kier alpha value is -2.43. The smallest absolute Gasteiger partial charge is 0.289 e. The summed E-state index contributed by atoms with van der Waals surface area (Å²) >= 11 is 0. The number of hydrogen-bond donors (Lipinski definition) is 0. The van der Waals surface area contributed by atoms with Gasteiger partial charge in [0.25, 0.3) is 5.91 Å². The second kappa shape index (κ2) is 6.56. The predicted octanol–water partition coefficient (Wildman–Crippen LogP) is 2.64. The fraction of sp³-hybridized carbons (Fsp3) is 0.353. The first-order valence-corrected chi connectivity index (χ1v) is 7.59. The first kappa shape index (κ1) is 14.5. The van der Waals surface area contributed by atoms with Crippen molar-refractivity contribution in [2.75, 3.05) is 37.7 Å². The Morgan fingerprint density at radius 1 is 1.14 bits per heavy atom. The number of hydrogen-bond acceptors (Lipinski definition) is 4. The molecule has 22 heavy (non-hydrogen) atoms. The van der Waals surface area contributed by atoms with Crippen LogP contribution in [0.15, 0.2) is 47.1 Å². The van der Waals surface area contributed by atoms with Crippen LogP contribution >= 0.6 is 0 Å². The zero-order valence-corrected chi connectivity index (χ0v) is 12.7. The van der Waals surface area contributed by atoms with Crippen LogP contribution in [-0.4, -0.2) is 43.6 Å². The summed E-state index contributed by atoms with van der Waals surface area (Å²) in [5.74, 6) is 1.27. The van der Waals surface area contributed by atoms with Crippen molar-refractivity contribution < 1.29 is 13.9 Å². The SMILES string of the molecule is CCOc1ccccc1N1CCN(C(=O)c2ccco2)CC1. The van der Waals surface area contributed by atoms with Gasteiger partial charge in [-0.2, -0.15) is 0 Å². The third-order valence-corrected chi connectivity index (χ3v) is 3.80. The van der Waals surface area contributed by atoms with E-state index in [2.05, 4.69) is 11.0 Å². The second-order valence-corrected chi connectivity index (χ2v) is 5.16. The largest absolute Gasteiger partial charge is 0.492 e. The van der Waals surface area contributed by atoms with Gasteiger partial charge in [-0.1, -0.05) is 12.1 Å². The lowest BCUT2D eigenvalue weighted by molar-refractivity contribution is 0.0714. The van der Waals surface area contributed by atoms with Crippen molar-refractivity contribution in [2.45, 2.75) is 6.92 Å². The maximum absolute atomic E-state index is 12.3. The van der Waals surface area contributed by atoms with Gasteiger partial charge < -0.3 is 19.0 Å². The maximum atomic E-state index is 12.3. The van der Waals surface area contributed by atoms with Gasteiger partial charge in [0.05, 0.1) is 18.6 Å². The van der Waals surface area contributed by atoms with E-state index in [0.717, 1.165) is 24.5 Å². The van der Waals surface area contributed by atoms with Crippen LogP contribution < -0.4 is 9.64 Å². The molecule has 0 radical (unpaired) electrons. The molecule has 0 N–H and O–H groups in total. The van der Waals surface area contributed by atoms with Crippen molar-refractivity contribution in [2.24, 2.45) is 0 Å². The lowest BCUT2D eigenvalue weighted by Gasteiger charge is -2.36. The van der Waals surface area contributed by atoms with Gasteiger partial charge in [0.2, 0.25) is 0 Å². The van der Waals surface area contributed by atoms with E-state index in [9.17, 15) is 4.79 Å². The van der Waals surface area contributed by atoms with E-state index in [-0.39, 0.29) is 5.91 Å². The minimum atomic E-state index is -0.0391. The number of ether oxygens (including phenoxy) is 1. The molecule has 0 bridgehead atoms. The molecule has 0 spiro atoms. The quantitative estimate of drug-likeness (QED) is 0.871. The molecule has 5 nitrogen and oxygen atoms in total. The molecule has 1 aliphatic heterocycles. The van der Waals surface area contributed by atoms with Crippen LogP contribution in [0, 0.1) is 0 Å². The average molecular weight is 300 g/mol. The summed E-state index contributed by atoms with van der Waals surface area (Å²) in [6.07, 6.45) is 1.53. The van der Waals surface area contributed by atoms with Crippen LogP contribution in [0.1, 0.15) is 17.5 Å². The lowest BCUT2D eigenvalue weighted by Crippen LogP contribution is -2.48. The Bertz CT molecular complexity index is 617. The van der Waals surface area contributed by atoms with Gasteiger partial charge in [0.1, 0.15) is 5.75 Å². The molecule has 3 rings (SSSR count). The number of para-hydroxylation sites is 2. The summed E-state index contributed by atoms with van der Waals surface area (Å²) in [7, 11) is 0. The standard InChI is InChI=1S/C17H20N2O3/c1-2-21-15-7-4-3-6-14(15)18-9-11-19(12-10-18)17(20)16-8-5-13-22-16/h3-8,13H,2,9-12H2,1H3. The van der Waals surface area contributed by atoms with Crippen molar-refractivity contribution in [3.63, 3.8) is 0 Å². The highest BCUT2D eigenvalue weighted by atomic mass is 16.5. The second-order valence-electron chi connectivity index (χ2n) is 5.16. The summed E-state index contributed by atoms with van der Waals surface area (Å²) < 4.78 is 10.9. The van der Waals surface area contributed by atoms with E-state index < -0.39 is 0 Å². The van der Waals surface area contributed by atoms with Crippen molar-refractivity contribution in [3.05, 3.63) is 48.4 Å². The van der Waals surface area contributed by atoms with E-state index in [0.29, 0.717) is 25.5 Å². The van der Waals surface area contributed by atoms with Crippen LogP contribution in [0.25, 0.3) is 0 Å². The molecule has 1 amide bonds. The summed E-state index contributed by atoms with van der Waals surface area (Å²) in [5.41, 5.74) is 1.09. The van der Waals surface area contributed by atoms with Crippen LogP contribution in [0.3, 0.4) is 0 Å². The zero-order chi connectivity index (χ0) is 15.4. The number of piperazine rings is 1. The van der Waals surface area contributed by atoms with Crippen molar-refractivity contribution >= 4 is 11.6 Å². The number of amides is 1. The summed E-state index contributed by atoms with van der Waals surface area (Å²) in [5, 5.41) is 0. The fourth-order valence-electron chi connectivity index (χ4n) is 2.70. The fourth-order valence-corrected chi connectivity index (χ4v) is 2.70. The normalized spacial score (nSPS) is 15.0. The predicted molar refractivity (Wildman–Crippen MR) is 84.4 cm³/mol. The van der Waals surface area contributed by atoms with Crippen LogP contribution in [-0.2, 0) is 0 Å². The minimum absolute atomic E-state index is 0.0391. The molecule has 1 aromatic heterocycles. The van der Waals surface area contributed by atoms with E-state index in [4.69, 9.17) is 9.15 Å². The molecular formula is C17H20N2O3. The van der Waals surface area contributed by atoms with Gasteiger partial charge in [0.15, 0.2) is 5.76 Å². The number of carbonyl (C=O) groups is 1. The lowest BCUT2D eigenvalue weighted by atomic mass is 10.2. The zero-order valence-electron chi connectivity index (χ0n) is 12.7. The third kappa shape index (κ3) is 2.93. The van der Waals surface area contributed by atoms with Gasteiger partial charge in [-0.15, -0.1) is 0 Å². The molecule has 0 saturated carbocycles. The molecule has 2 aromatic rings. The van der Waals surface area contributed by atoms with E-state index in [1.54, 1.807) is 12.1 Å². The highest BCUT2D eigenvalue weighted by Gasteiger charge is 2.24. The molecule has 0 unspecified atom stereocenters. The minimum Gasteiger partial charge on any atom is -0.492 e. The Labute approximate surface area is 130 Å². The van der Waals surface area contributed by atoms with Gasteiger partial charge in [-0.3, -0.25) is 4.79 Å². The maximum Gasteiger partial charge on any atom is 0.289 e. The third-order valence-electron chi connectivity index (χ3n) is 3.80. The van der Waals surface area contributed by atoms with E-state index in [1.165, 1.54) is 6.26 Å². The topological polar surface area (TPSA) is 45.9 Å². The molecule has 1 aliphatic rings. The Morgan fingerprint density at radius 3 is 2.59 bits per heavy atom. The van der Waals surface area contributed by atoms with Gasteiger partial charge >= 0.3 is 0 Å². The first-order valence-electron chi connectivity index (χ1n) is 7.59. The molecule has 2 heterocycles. The molecule has 1 saturated heterocycles. The Kier molecular flexibility index (Phi) is 4.32. The van der Waals surface area contributed by atoms with Crippen molar-refractivity contribution in [3.8, 4) is 5.75 Å². The van der Waals surface area contributed by atoms with Crippen molar-refractivity contribution in [1.82, 2.24) is 4.90 Å². The number of furan rings is 1. The Balaban J connectivity index is 1.66. The van der Waals surface area contributed by atoms with Crippen LogP contribution in [0.2, 0.25) is 0 Å². The summed E-state index contributed by atoms with van der Waals surface area (Å²) in [6.45, 7) is 5.57. The number of rotatable bonds is 4. The van der Waals surface area contributed by atoms with Gasteiger partial charge in [0, 0.05) is 26.2 Å². The number of nitrogens with zero attached hydrogens (tertiary/aromatic N) is 2. The Morgan fingerprint density at radius 2 is 1.91 bits per heavy atom. The number of anilines is 1. The van der Waals surface area contributed by atoms with E-state index in [1.807, 2.05) is 30.0 Å². The molecular weight excluding hydrogens is 280 g/mol. The first-order chi connectivity index (χ1) is 10.8. The summed E-state index contributed by atoms with van der Waals surface area (Å²) in [4.78, 5) is 16.4. The highest BCUT2D eigenvalue weighted by molar-refractivity contribution is 5.91. The molecule has 1 fully saturated rings. The van der Waals surface area contributed by atoms with E-state index >= 15 is 0 Å². The van der Waals surface area contributed by atoms with Crippen molar-refractivity contribution in [1.29, 1.82) is 0 Å². The number of benzene rings is 1. The van der Waals surface area contributed by atoms with Crippen LogP contribution in [0.5, 0.6) is 5.75 Å². The highest BCUT2D eigenvalue weighted by Crippen LogP contribution is 2.29. The summed E-state index contributed by atoms with van der Waals surface area (Å²) in [6, 6.07) is 11.5. The van der Waals surface area contributed by atoms with Gasteiger partial charge in [-0.05, 0) is 31.2 Å². The molecule has 0 aliphatic carbocycles. The monoisotopic (exact) mass is 300 g/mol. The van der Waals surface area contributed by atoms with Crippen LogP contribution in [0.4, 0.5) is 5.69 Å². The van der Waals surface area contributed by atoms with Gasteiger partial charge in [-0.25, -0.2) is 0 Å².